The molecule has 0 saturated carbocycles. The minimum absolute atomic E-state index is 0.231. The first-order valence-corrected chi connectivity index (χ1v) is 8.42. The van der Waals surface area contributed by atoms with E-state index in [2.05, 4.69) is 26.5 Å². The third-order valence-electron chi connectivity index (χ3n) is 3.12. The summed E-state index contributed by atoms with van der Waals surface area (Å²) in [5.41, 5.74) is 5.09. The van der Waals surface area contributed by atoms with Crippen molar-refractivity contribution in [1.29, 1.82) is 0 Å². The van der Waals surface area contributed by atoms with Crippen molar-refractivity contribution < 1.29 is 14.3 Å². The zero-order valence-corrected chi connectivity index (χ0v) is 15.5. The zero-order chi connectivity index (χ0) is 16.8. The topological polar surface area (TPSA) is 59.9 Å². The Labute approximate surface area is 147 Å². The number of methoxy groups -OCH3 is 2. The molecular weight excluding hydrogens is 380 g/mol. The lowest BCUT2D eigenvalue weighted by Gasteiger charge is -2.10. The van der Waals surface area contributed by atoms with E-state index in [-0.39, 0.29) is 5.91 Å². The maximum atomic E-state index is 12.0. The van der Waals surface area contributed by atoms with Crippen LogP contribution in [0.25, 0.3) is 0 Å². The fraction of sp³-hybridized carbons (Fsp3) is 0.250. The average Bonchev–Trinajstić information content (AvgIpc) is 2.99. The van der Waals surface area contributed by atoms with Gasteiger partial charge >= 0.3 is 0 Å². The molecule has 1 heterocycles. The number of hydrogen-bond acceptors (Lipinski definition) is 5. The van der Waals surface area contributed by atoms with Crippen LogP contribution in [0.1, 0.15) is 27.7 Å². The van der Waals surface area contributed by atoms with Gasteiger partial charge in [0.25, 0.3) is 5.91 Å². The number of thiophene rings is 1. The highest BCUT2D eigenvalue weighted by molar-refractivity contribution is 9.11. The standard InChI is InChI=1S/C16H17BrN2O3S/c1-10(18-19-16(20)14-6-7-15(17)23-14)11-4-5-13(22-3)12(8-11)9-21-2/h4-8H,9H2,1-3H3,(H,19,20)/b18-10-. The average molecular weight is 397 g/mol. The number of hydrogen-bond donors (Lipinski definition) is 1. The van der Waals surface area contributed by atoms with Gasteiger partial charge in [0.05, 0.1) is 28.1 Å². The number of amides is 1. The first-order chi connectivity index (χ1) is 11.0. The van der Waals surface area contributed by atoms with E-state index in [0.29, 0.717) is 17.2 Å². The molecule has 0 saturated heterocycles. The van der Waals surface area contributed by atoms with Crippen molar-refractivity contribution in [2.45, 2.75) is 13.5 Å². The van der Waals surface area contributed by atoms with Gasteiger partial charge in [0.2, 0.25) is 0 Å². The third-order valence-corrected chi connectivity index (χ3v) is 4.74. The lowest BCUT2D eigenvalue weighted by atomic mass is 10.1. The summed E-state index contributed by atoms with van der Waals surface area (Å²) in [5, 5.41) is 4.16. The number of carbonyl (C=O) groups is 1. The van der Waals surface area contributed by atoms with Crippen LogP contribution in [0.5, 0.6) is 5.75 Å². The van der Waals surface area contributed by atoms with E-state index in [0.717, 1.165) is 20.7 Å². The summed E-state index contributed by atoms with van der Waals surface area (Å²) in [6.45, 7) is 2.28. The number of hydrazone groups is 1. The second-order valence-corrected chi connectivity index (χ2v) is 7.16. The Morgan fingerprint density at radius 3 is 2.70 bits per heavy atom. The Morgan fingerprint density at radius 2 is 2.09 bits per heavy atom. The summed E-state index contributed by atoms with van der Waals surface area (Å²) in [6.07, 6.45) is 0. The Hall–Kier alpha value is -1.70. The monoisotopic (exact) mass is 396 g/mol. The Bertz CT molecular complexity index is 728. The van der Waals surface area contributed by atoms with Gasteiger partial charge in [-0.25, -0.2) is 5.43 Å². The van der Waals surface area contributed by atoms with Crippen LogP contribution in [-0.2, 0) is 11.3 Å². The van der Waals surface area contributed by atoms with Gasteiger partial charge in [-0.15, -0.1) is 11.3 Å². The fourth-order valence-corrected chi connectivity index (χ4v) is 3.24. The summed E-state index contributed by atoms with van der Waals surface area (Å²) in [7, 11) is 3.25. The van der Waals surface area contributed by atoms with Crippen LogP contribution in [0.15, 0.2) is 39.2 Å². The van der Waals surface area contributed by atoms with Crippen molar-refractivity contribution in [1.82, 2.24) is 5.43 Å². The molecule has 0 spiro atoms. The van der Waals surface area contributed by atoms with Gasteiger partial charge in [0.1, 0.15) is 5.75 Å². The molecule has 0 aliphatic heterocycles. The quantitative estimate of drug-likeness (QED) is 0.596. The Balaban J connectivity index is 2.14. The van der Waals surface area contributed by atoms with E-state index in [4.69, 9.17) is 9.47 Å². The lowest BCUT2D eigenvalue weighted by Crippen LogP contribution is -2.18. The first-order valence-electron chi connectivity index (χ1n) is 6.81. The third kappa shape index (κ3) is 4.63. The molecule has 1 N–H and O–H groups in total. The summed E-state index contributed by atoms with van der Waals surface area (Å²) < 4.78 is 11.4. The van der Waals surface area contributed by atoms with Gasteiger partial charge in [0, 0.05) is 12.7 Å². The molecule has 7 heteroatoms. The molecule has 0 aliphatic carbocycles. The molecule has 2 rings (SSSR count). The molecule has 1 amide bonds. The van der Waals surface area contributed by atoms with Crippen molar-refractivity contribution in [3.05, 3.63) is 50.1 Å². The normalized spacial score (nSPS) is 11.4. The van der Waals surface area contributed by atoms with E-state index in [1.807, 2.05) is 31.2 Å². The van der Waals surface area contributed by atoms with Gasteiger partial charge in [-0.3, -0.25) is 4.79 Å². The van der Waals surface area contributed by atoms with Crippen LogP contribution >= 0.6 is 27.3 Å². The van der Waals surface area contributed by atoms with Gasteiger partial charge in [0.15, 0.2) is 0 Å². The predicted octanol–water partition coefficient (Wildman–Crippen LogP) is 3.82. The first kappa shape index (κ1) is 17.7. The number of halogens is 1. The van der Waals surface area contributed by atoms with Crippen LogP contribution in [-0.4, -0.2) is 25.8 Å². The van der Waals surface area contributed by atoms with Crippen LogP contribution < -0.4 is 10.2 Å². The van der Waals surface area contributed by atoms with E-state index in [1.165, 1.54) is 11.3 Å². The number of rotatable bonds is 6. The van der Waals surface area contributed by atoms with Crippen molar-refractivity contribution in [3.63, 3.8) is 0 Å². The van der Waals surface area contributed by atoms with E-state index < -0.39 is 0 Å². The zero-order valence-electron chi connectivity index (χ0n) is 13.1. The summed E-state index contributed by atoms with van der Waals surface area (Å²) in [4.78, 5) is 12.6. The molecule has 122 valence electrons. The van der Waals surface area contributed by atoms with Gasteiger partial charge in [-0.1, -0.05) is 0 Å². The smallest absolute Gasteiger partial charge is 0.281 e. The number of benzene rings is 1. The van der Waals surface area contributed by atoms with Gasteiger partial charge < -0.3 is 9.47 Å². The minimum atomic E-state index is -0.231. The van der Waals surface area contributed by atoms with Crippen molar-refractivity contribution in [3.8, 4) is 5.75 Å². The van der Waals surface area contributed by atoms with Crippen molar-refractivity contribution in [2.24, 2.45) is 5.10 Å². The minimum Gasteiger partial charge on any atom is -0.496 e. The fourth-order valence-electron chi connectivity index (χ4n) is 1.96. The van der Waals surface area contributed by atoms with E-state index in [1.54, 1.807) is 20.3 Å². The Morgan fingerprint density at radius 1 is 1.30 bits per heavy atom. The second kappa shape index (κ2) is 8.24. The predicted molar refractivity (Wildman–Crippen MR) is 95.4 cm³/mol. The van der Waals surface area contributed by atoms with Crippen LogP contribution in [0, 0.1) is 0 Å². The molecule has 1 aromatic carbocycles. The highest BCUT2D eigenvalue weighted by Crippen LogP contribution is 2.22. The highest BCUT2D eigenvalue weighted by atomic mass is 79.9. The van der Waals surface area contributed by atoms with E-state index >= 15 is 0 Å². The second-order valence-electron chi connectivity index (χ2n) is 4.70. The lowest BCUT2D eigenvalue weighted by molar-refractivity contribution is 0.0959. The van der Waals surface area contributed by atoms with Gasteiger partial charge in [-0.2, -0.15) is 5.10 Å². The molecule has 0 radical (unpaired) electrons. The molecule has 1 aromatic heterocycles. The molecule has 0 atom stereocenters. The van der Waals surface area contributed by atoms with Gasteiger partial charge in [-0.05, 0) is 58.7 Å². The number of carbonyl (C=O) groups excluding carboxylic acids is 1. The van der Waals surface area contributed by atoms with Crippen molar-refractivity contribution >= 4 is 38.9 Å². The summed E-state index contributed by atoms with van der Waals surface area (Å²) in [5.74, 6) is 0.529. The highest BCUT2D eigenvalue weighted by Gasteiger charge is 2.09. The molecule has 0 unspecified atom stereocenters. The summed E-state index contributed by atoms with van der Waals surface area (Å²) in [6, 6.07) is 9.27. The largest absolute Gasteiger partial charge is 0.496 e. The number of nitrogens with one attached hydrogen (secondary N) is 1. The maximum Gasteiger partial charge on any atom is 0.281 e. The number of ether oxygens (including phenoxy) is 2. The van der Waals surface area contributed by atoms with Crippen LogP contribution in [0.3, 0.4) is 0 Å². The maximum absolute atomic E-state index is 12.0. The van der Waals surface area contributed by atoms with Crippen molar-refractivity contribution in [2.75, 3.05) is 14.2 Å². The molecule has 5 nitrogen and oxygen atoms in total. The van der Waals surface area contributed by atoms with Crippen LogP contribution in [0.4, 0.5) is 0 Å². The molecule has 0 aliphatic rings. The number of nitrogens with zero attached hydrogens (tertiary/aromatic N) is 1. The Kier molecular flexibility index (Phi) is 6.32. The van der Waals surface area contributed by atoms with E-state index in [9.17, 15) is 4.79 Å². The van der Waals surface area contributed by atoms with Crippen LogP contribution in [0.2, 0.25) is 0 Å². The summed E-state index contributed by atoms with van der Waals surface area (Å²) >= 11 is 4.69. The SMILES string of the molecule is COCc1cc(/C(C)=N\NC(=O)c2ccc(Br)s2)ccc1OC. The molecule has 0 fully saturated rings. The molecule has 2 aromatic rings. The molecular formula is C16H17BrN2O3S. The molecule has 0 bridgehead atoms. The molecule has 23 heavy (non-hydrogen) atoms.